The van der Waals surface area contributed by atoms with Gasteiger partial charge in [-0.25, -0.2) is 0 Å². The van der Waals surface area contributed by atoms with E-state index in [4.69, 9.17) is 14.2 Å². The smallest absolute Gasteiger partial charge is 0.159 e. The van der Waals surface area contributed by atoms with Gasteiger partial charge in [-0.3, -0.25) is 9.58 Å². The van der Waals surface area contributed by atoms with Gasteiger partial charge in [0.2, 0.25) is 0 Å². The molecule has 0 amide bonds. The van der Waals surface area contributed by atoms with Gasteiger partial charge in [0.05, 0.1) is 38.2 Å². The molecule has 1 aromatic rings. The fraction of sp³-hybridized carbons (Fsp3) is 0.800. The van der Waals surface area contributed by atoms with Gasteiger partial charge in [0.25, 0.3) is 0 Å². The third-order valence-electron chi connectivity index (χ3n) is 4.07. The van der Waals surface area contributed by atoms with Crippen LogP contribution in [-0.2, 0) is 20.8 Å². The largest absolute Gasteiger partial charge is 0.374 e. The van der Waals surface area contributed by atoms with E-state index < -0.39 is 0 Å². The number of nitrogens with zero attached hydrogens (tertiary/aromatic N) is 3. The lowest BCUT2D eigenvalue weighted by Crippen LogP contribution is -2.45. The molecule has 2 aliphatic heterocycles. The SMILES string of the molecule is Cc1cc(C)n(C[C@@H]2CN(CCC3OCCO3)CCO2)n1. The van der Waals surface area contributed by atoms with Gasteiger partial charge in [-0.2, -0.15) is 5.10 Å². The Balaban J connectivity index is 1.47. The van der Waals surface area contributed by atoms with Crippen molar-refractivity contribution in [2.24, 2.45) is 0 Å². The van der Waals surface area contributed by atoms with Crippen LogP contribution < -0.4 is 0 Å². The lowest BCUT2D eigenvalue weighted by Gasteiger charge is -2.33. The second kappa shape index (κ2) is 6.87. The summed E-state index contributed by atoms with van der Waals surface area (Å²) in [7, 11) is 0. The molecule has 21 heavy (non-hydrogen) atoms. The van der Waals surface area contributed by atoms with Crippen molar-refractivity contribution in [1.82, 2.24) is 14.7 Å². The Morgan fingerprint density at radius 2 is 2.00 bits per heavy atom. The Bertz CT molecular complexity index is 457. The normalized spacial score (nSPS) is 24.8. The zero-order valence-electron chi connectivity index (χ0n) is 13.0. The monoisotopic (exact) mass is 295 g/mol. The van der Waals surface area contributed by atoms with E-state index in [-0.39, 0.29) is 12.4 Å². The first kappa shape index (κ1) is 15.0. The average molecular weight is 295 g/mol. The fourth-order valence-corrected chi connectivity index (χ4v) is 3.01. The molecule has 2 saturated heterocycles. The molecule has 6 heteroatoms. The quantitative estimate of drug-likeness (QED) is 0.810. The third-order valence-corrected chi connectivity index (χ3v) is 4.07. The lowest BCUT2D eigenvalue weighted by atomic mass is 10.2. The first-order valence-corrected chi connectivity index (χ1v) is 7.79. The second-order valence-electron chi connectivity index (χ2n) is 5.86. The number of aromatic nitrogens is 2. The maximum absolute atomic E-state index is 5.88. The van der Waals surface area contributed by atoms with Gasteiger partial charge in [-0.1, -0.05) is 0 Å². The third kappa shape index (κ3) is 4.03. The molecule has 0 aliphatic carbocycles. The molecule has 0 unspecified atom stereocenters. The summed E-state index contributed by atoms with van der Waals surface area (Å²) in [5.41, 5.74) is 2.26. The van der Waals surface area contributed by atoms with Crippen molar-refractivity contribution >= 4 is 0 Å². The molecule has 2 fully saturated rings. The molecule has 3 rings (SSSR count). The molecule has 0 saturated carbocycles. The molecule has 2 aliphatic rings. The second-order valence-corrected chi connectivity index (χ2v) is 5.86. The summed E-state index contributed by atoms with van der Waals surface area (Å²) in [5, 5.41) is 4.52. The molecule has 3 heterocycles. The molecule has 0 aromatic carbocycles. The van der Waals surface area contributed by atoms with Crippen molar-refractivity contribution < 1.29 is 14.2 Å². The highest BCUT2D eigenvalue weighted by atomic mass is 16.7. The van der Waals surface area contributed by atoms with E-state index in [1.165, 1.54) is 5.69 Å². The minimum atomic E-state index is -0.0118. The van der Waals surface area contributed by atoms with Crippen molar-refractivity contribution in [3.63, 3.8) is 0 Å². The Morgan fingerprint density at radius 1 is 1.19 bits per heavy atom. The highest BCUT2D eigenvalue weighted by Crippen LogP contribution is 2.13. The van der Waals surface area contributed by atoms with Crippen LogP contribution in [0.4, 0.5) is 0 Å². The minimum absolute atomic E-state index is 0.0118. The van der Waals surface area contributed by atoms with Crippen LogP contribution in [0.15, 0.2) is 6.07 Å². The topological polar surface area (TPSA) is 48.8 Å². The Morgan fingerprint density at radius 3 is 2.71 bits per heavy atom. The number of aryl methyl sites for hydroxylation is 2. The van der Waals surface area contributed by atoms with Crippen molar-refractivity contribution in [3.8, 4) is 0 Å². The summed E-state index contributed by atoms with van der Waals surface area (Å²) in [6.07, 6.45) is 1.14. The van der Waals surface area contributed by atoms with E-state index in [1.807, 2.05) is 11.6 Å². The van der Waals surface area contributed by atoms with Gasteiger partial charge < -0.3 is 14.2 Å². The van der Waals surface area contributed by atoms with E-state index >= 15 is 0 Å². The highest BCUT2D eigenvalue weighted by Gasteiger charge is 2.23. The zero-order chi connectivity index (χ0) is 14.7. The van der Waals surface area contributed by atoms with Crippen LogP contribution in [0.25, 0.3) is 0 Å². The van der Waals surface area contributed by atoms with Crippen molar-refractivity contribution in [2.75, 3.05) is 39.5 Å². The average Bonchev–Trinajstić information content (AvgIpc) is 3.07. The zero-order valence-corrected chi connectivity index (χ0v) is 13.0. The summed E-state index contributed by atoms with van der Waals surface area (Å²) in [6.45, 7) is 10.1. The van der Waals surface area contributed by atoms with Crippen LogP contribution >= 0.6 is 0 Å². The first-order chi connectivity index (χ1) is 10.2. The Hall–Kier alpha value is -0.950. The van der Waals surface area contributed by atoms with Crippen LogP contribution in [-0.4, -0.2) is 66.5 Å². The summed E-state index contributed by atoms with van der Waals surface area (Å²) in [5.74, 6) is 0. The van der Waals surface area contributed by atoms with E-state index in [2.05, 4.69) is 23.0 Å². The van der Waals surface area contributed by atoms with E-state index in [0.717, 1.165) is 58.1 Å². The van der Waals surface area contributed by atoms with Crippen LogP contribution in [0, 0.1) is 13.8 Å². The summed E-state index contributed by atoms with van der Waals surface area (Å²) >= 11 is 0. The lowest BCUT2D eigenvalue weighted by molar-refractivity contribution is -0.0695. The molecule has 6 nitrogen and oxygen atoms in total. The molecular weight excluding hydrogens is 270 g/mol. The number of hydrogen-bond donors (Lipinski definition) is 0. The van der Waals surface area contributed by atoms with Gasteiger partial charge in [0, 0.05) is 31.7 Å². The fourth-order valence-electron chi connectivity index (χ4n) is 3.01. The van der Waals surface area contributed by atoms with Gasteiger partial charge in [0.1, 0.15) is 0 Å². The van der Waals surface area contributed by atoms with Crippen LogP contribution in [0.5, 0.6) is 0 Å². The molecule has 1 aromatic heterocycles. The predicted octanol–water partition coefficient (Wildman–Crippen LogP) is 0.964. The van der Waals surface area contributed by atoms with Gasteiger partial charge in [-0.15, -0.1) is 0 Å². The highest BCUT2D eigenvalue weighted by molar-refractivity contribution is 5.06. The van der Waals surface area contributed by atoms with E-state index in [0.29, 0.717) is 0 Å². The van der Waals surface area contributed by atoms with Crippen molar-refractivity contribution in [3.05, 3.63) is 17.5 Å². The number of morpholine rings is 1. The Kier molecular flexibility index (Phi) is 4.90. The van der Waals surface area contributed by atoms with Gasteiger partial charge in [0.15, 0.2) is 6.29 Å². The minimum Gasteiger partial charge on any atom is -0.374 e. The molecule has 0 N–H and O–H groups in total. The van der Waals surface area contributed by atoms with Crippen LogP contribution in [0.1, 0.15) is 17.8 Å². The van der Waals surface area contributed by atoms with Crippen LogP contribution in [0.2, 0.25) is 0 Å². The van der Waals surface area contributed by atoms with Gasteiger partial charge in [-0.05, 0) is 19.9 Å². The first-order valence-electron chi connectivity index (χ1n) is 7.79. The maximum atomic E-state index is 5.88. The molecule has 0 spiro atoms. The van der Waals surface area contributed by atoms with Crippen molar-refractivity contribution in [1.29, 1.82) is 0 Å². The summed E-state index contributed by atoms with van der Waals surface area (Å²) in [4.78, 5) is 2.44. The number of ether oxygens (including phenoxy) is 3. The van der Waals surface area contributed by atoms with E-state index in [9.17, 15) is 0 Å². The molecule has 118 valence electrons. The summed E-state index contributed by atoms with van der Waals surface area (Å²) < 4.78 is 18.9. The molecular formula is C15H25N3O3. The molecule has 0 radical (unpaired) electrons. The summed E-state index contributed by atoms with van der Waals surface area (Å²) in [6, 6.07) is 2.11. The maximum Gasteiger partial charge on any atom is 0.159 e. The standard InChI is InChI=1S/C15H25N3O3/c1-12-9-13(2)18(16-12)11-14-10-17(5-6-19-14)4-3-15-20-7-8-21-15/h9,14-15H,3-8,10-11H2,1-2H3/t14-/m0/s1. The molecule has 0 bridgehead atoms. The number of rotatable bonds is 5. The van der Waals surface area contributed by atoms with Gasteiger partial charge >= 0.3 is 0 Å². The molecule has 1 atom stereocenters. The predicted molar refractivity (Wildman–Crippen MR) is 78.2 cm³/mol. The Labute approximate surface area is 126 Å². The van der Waals surface area contributed by atoms with Crippen LogP contribution in [0.3, 0.4) is 0 Å². The van der Waals surface area contributed by atoms with E-state index in [1.54, 1.807) is 0 Å². The van der Waals surface area contributed by atoms with Crippen molar-refractivity contribution in [2.45, 2.75) is 39.2 Å². The number of hydrogen-bond acceptors (Lipinski definition) is 5.